The van der Waals surface area contributed by atoms with E-state index in [0.717, 1.165) is 32.0 Å². The van der Waals surface area contributed by atoms with Crippen molar-refractivity contribution in [3.63, 3.8) is 0 Å². The van der Waals surface area contributed by atoms with Crippen LogP contribution in [0, 0.1) is 11.7 Å². The van der Waals surface area contributed by atoms with Crippen molar-refractivity contribution in [2.75, 3.05) is 19.6 Å². The standard InChI is InChI=1S/C16H16FNO3/c17-13-5-10-7-14(21-15(10)11(6-13)8-19)16(20)9-18-3-1-12(16)2-4-18/h5-8,12,20H,1-4,9H2. The number of rotatable bonds is 2. The fraction of sp³-hybridized carbons (Fsp3) is 0.438. The van der Waals surface area contributed by atoms with E-state index in [1.165, 1.54) is 6.07 Å². The van der Waals surface area contributed by atoms with Gasteiger partial charge in [-0.05, 0) is 50.0 Å². The number of hydrogen-bond acceptors (Lipinski definition) is 4. The average molecular weight is 289 g/mol. The first-order valence-corrected chi connectivity index (χ1v) is 7.23. The number of carbonyl (C=O) groups excluding carboxylic acids is 1. The first-order valence-electron chi connectivity index (χ1n) is 7.23. The summed E-state index contributed by atoms with van der Waals surface area (Å²) < 4.78 is 19.3. The minimum absolute atomic E-state index is 0.160. The highest BCUT2D eigenvalue weighted by atomic mass is 19.1. The number of piperidine rings is 3. The van der Waals surface area contributed by atoms with Crippen LogP contribution in [0.4, 0.5) is 4.39 Å². The normalized spacial score (nSPS) is 31.7. The molecular formula is C16H16FNO3. The zero-order valence-electron chi connectivity index (χ0n) is 11.5. The predicted molar refractivity (Wildman–Crippen MR) is 74.6 cm³/mol. The molecule has 0 saturated carbocycles. The van der Waals surface area contributed by atoms with Crippen molar-refractivity contribution < 1.29 is 18.7 Å². The maximum absolute atomic E-state index is 13.5. The number of hydrogen-bond donors (Lipinski definition) is 1. The average Bonchev–Trinajstić information content (AvgIpc) is 2.92. The molecule has 21 heavy (non-hydrogen) atoms. The summed E-state index contributed by atoms with van der Waals surface area (Å²) in [6, 6.07) is 4.16. The molecule has 0 spiro atoms. The Kier molecular flexibility index (Phi) is 2.71. The molecule has 3 saturated heterocycles. The van der Waals surface area contributed by atoms with Crippen LogP contribution in [0.25, 0.3) is 11.0 Å². The third-order valence-electron chi connectivity index (χ3n) is 4.89. The summed E-state index contributed by atoms with van der Waals surface area (Å²) in [5.41, 5.74) is -0.501. The van der Waals surface area contributed by atoms with Crippen LogP contribution in [0.2, 0.25) is 0 Å². The number of carbonyl (C=O) groups is 1. The SMILES string of the molecule is O=Cc1cc(F)cc2cc(C3(O)CN4CCC3CC4)oc12. The predicted octanol–water partition coefficient (Wildman–Crippen LogP) is 2.30. The lowest BCUT2D eigenvalue weighted by molar-refractivity contribution is -0.128. The van der Waals surface area contributed by atoms with Gasteiger partial charge in [0.2, 0.25) is 0 Å². The van der Waals surface area contributed by atoms with Crippen LogP contribution in [0.3, 0.4) is 0 Å². The Morgan fingerprint density at radius 2 is 2.10 bits per heavy atom. The minimum atomic E-state index is -1.04. The highest BCUT2D eigenvalue weighted by molar-refractivity contribution is 5.95. The van der Waals surface area contributed by atoms with E-state index in [1.807, 2.05) is 0 Å². The van der Waals surface area contributed by atoms with Gasteiger partial charge >= 0.3 is 0 Å². The summed E-state index contributed by atoms with van der Waals surface area (Å²) >= 11 is 0. The van der Waals surface area contributed by atoms with Crippen molar-refractivity contribution in [2.24, 2.45) is 5.92 Å². The molecule has 0 radical (unpaired) electrons. The van der Waals surface area contributed by atoms with Crippen molar-refractivity contribution >= 4 is 17.3 Å². The van der Waals surface area contributed by atoms with Gasteiger partial charge < -0.3 is 9.52 Å². The fourth-order valence-electron chi connectivity index (χ4n) is 3.76. The number of aliphatic hydroxyl groups is 1. The maximum atomic E-state index is 13.5. The van der Waals surface area contributed by atoms with E-state index in [0.29, 0.717) is 29.6 Å². The zero-order chi connectivity index (χ0) is 14.6. The molecule has 1 unspecified atom stereocenters. The second-order valence-corrected chi connectivity index (χ2v) is 6.12. The van der Waals surface area contributed by atoms with Gasteiger partial charge in [0.15, 0.2) is 6.29 Å². The first-order chi connectivity index (χ1) is 10.1. The summed E-state index contributed by atoms with van der Waals surface area (Å²) in [4.78, 5) is 13.3. The molecule has 110 valence electrons. The molecule has 3 fully saturated rings. The Bertz CT molecular complexity index is 718. The number of furan rings is 1. The van der Waals surface area contributed by atoms with E-state index in [4.69, 9.17) is 4.42 Å². The van der Waals surface area contributed by atoms with Crippen LogP contribution in [0.15, 0.2) is 22.6 Å². The van der Waals surface area contributed by atoms with Gasteiger partial charge in [-0.2, -0.15) is 0 Å². The molecule has 0 aliphatic carbocycles. The lowest BCUT2D eigenvalue weighted by Crippen LogP contribution is -2.56. The van der Waals surface area contributed by atoms with Gasteiger partial charge in [-0.3, -0.25) is 9.69 Å². The zero-order valence-corrected chi connectivity index (χ0v) is 11.5. The van der Waals surface area contributed by atoms with Crippen molar-refractivity contribution in [1.29, 1.82) is 0 Å². The molecule has 3 aliphatic rings. The Morgan fingerprint density at radius 1 is 1.33 bits per heavy atom. The van der Waals surface area contributed by atoms with E-state index < -0.39 is 11.4 Å². The largest absolute Gasteiger partial charge is 0.457 e. The van der Waals surface area contributed by atoms with E-state index >= 15 is 0 Å². The monoisotopic (exact) mass is 289 g/mol. The van der Waals surface area contributed by atoms with E-state index in [-0.39, 0.29) is 11.5 Å². The molecule has 1 aromatic carbocycles. The molecule has 0 amide bonds. The summed E-state index contributed by atoms with van der Waals surface area (Å²) in [5.74, 6) is 0.131. The summed E-state index contributed by atoms with van der Waals surface area (Å²) in [6.45, 7) is 2.54. The fourth-order valence-corrected chi connectivity index (χ4v) is 3.76. The topological polar surface area (TPSA) is 53.7 Å². The third-order valence-corrected chi connectivity index (χ3v) is 4.89. The van der Waals surface area contributed by atoms with Gasteiger partial charge in [0.25, 0.3) is 0 Å². The second kappa shape index (κ2) is 4.39. The van der Waals surface area contributed by atoms with Crippen molar-refractivity contribution in [3.8, 4) is 0 Å². The Morgan fingerprint density at radius 3 is 2.71 bits per heavy atom. The number of halogens is 1. The Hall–Kier alpha value is -1.72. The maximum Gasteiger partial charge on any atom is 0.153 e. The van der Waals surface area contributed by atoms with Gasteiger partial charge in [0.05, 0.1) is 5.56 Å². The minimum Gasteiger partial charge on any atom is -0.457 e. The molecular weight excluding hydrogens is 273 g/mol. The molecule has 1 aromatic heterocycles. The smallest absolute Gasteiger partial charge is 0.153 e. The van der Waals surface area contributed by atoms with Crippen LogP contribution in [0.5, 0.6) is 0 Å². The quantitative estimate of drug-likeness (QED) is 0.862. The molecule has 5 rings (SSSR count). The highest BCUT2D eigenvalue weighted by Gasteiger charge is 2.48. The van der Waals surface area contributed by atoms with Gasteiger partial charge in [-0.15, -0.1) is 0 Å². The molecule has 1 atom stereocenters. The first kappa shape index (κ1) is 13.0. The van der Waals surface area contributed by atoms with E-state index in [2.05, 4.69) is 4.90 Å². The number of nitrogens with zero attached hydrogens (tertiary/aromatic N) is 1. The molecule has 2 aromatic rings. The van der Waals surface area contributed by atoms with Gasteiger partial charge in [0.1, 0.15) is 22.8 Å². The van der Waals surface area contributed by atoms with Crippen molar-refractivity contribution in [1.82, 2.24) is 4.90 Å². The summed E-state index contributed by atoms with van der Waals surface area (Å²) in [6.07, 6.45) is 2.45. The third kappa shape index (κ3) is 1.84. The summed E-state index contributed by atoms with van der Waals surface area (Å²) in [7, 11) is 0. The molecule has 3 aliphatic heterocycles. The van der Waals surface area contributed by atoms with Crippen LogP contribution < -0.4 is 0 Å². The molecule has 4 nitrogen and oxygen atoms in total. The van der Waals surface area contributed by atoms with Crippen molar-refractivity contribution in [2.45, 2.75) is 18.4 Å². The molecule has 1 N–H and O–H groups in total. The van der Waals surface area contributed by atoms with Crippen LogP contribution in [0.1, 0.15) is 29.0 Å². The molecule has 4 heterocycles. The van der Waals surface area contributed by atoms with E-state index in [9.17, 15) is 14.3 Å². The van der Waals surface area contributed by atoms with Crippen LogP contribution in [-0.2, 0) is 5.60 Å². The Labute approximate surface area is 121 Å². The lowest BCUT2D eigenvalue weighted by Gasteiger charge is -2.49. The van der Waals surface area contributed by atoms with Crippen LogP contribution >= 0.6 is 0 Å². The highest BCUT2D eigenvalue weighted by Crippen LogP contribution is 2.44. The Balaban J connectivity index is 1.85. The van der Waals surface area contributed by atoms with Crippen molar-refractivity contribution in [3.05, 3.63) is 35.3 Å². The van der Waals surface area contributed by atoms with E-state index in [1.54, 1.807) is 6.07 Å². The van der Waals surface area contributed by atoms with Gasteiger partial charge in [-0.1, -0.05) is 0 Å². The molecule has 2 bridgehead atoms. The number of fused-ring (bicyclic) bond motifs is 4. The van der Waals surface area contributed by atoms with Gasteiger partial charge in [0, 0.05) is 11.9 Å². The van der Waals surface area contributed by atoms with Gasteiger partial charge in [-0.25, -0.2) is 4.39 Å². The number of aldehydes is 1. The number of benzene rings is 1. The van der Waals surface area contributed by atoms with Crippen LogP contribution in [-0.4, -0.2) is 35.9 Å². The lowest BCUT2D eigenvalue weighted by atomic mass is 9.74. The second-order valence-electron chi connectivity index (χ2n) is 6.12. The summed E-state index contributed by atoms with van der Waals surface area (Å²) in [5, 5.41) is 11.6. The molecule has 5 heteroatoms.